The van der Waals surface area contributed by atoms with Crippen LogP contribution in [0.25, 0.3) is 5.52 Å². The van der Waals surface area contributed by atoms with Crippen molar-refractivity contribution in [3.8, 4) is 0 Å². The van der Waals surface area contributed by atoms with Gasteiger partial charge in [-0.2, -0.15) is 0 Å². The number of aliphatic hydroxyl groups excluding tert-OH is 1. The van der Waals surface area contributed by atoms with Gasteiger partial charge in [0.2, 0.25) is 0 Å². The quantitative estimate of drug-likeness (QED) is 0.843. The third-order valence-corrected chi connectivity index (χ3v) is 3.66. The molecule has 4 nitrogen and oxygen atoms in total. The lowest BCUT2D eigenvalue weighted by Gasteiger charge is -2.24. The van der Waals surface area contributed by atoms with Crippen LogP contribution in [0.5, 0.6) is 0 Å². The van der Waals surface area contributed by atoms with E-state index in [1.54, 1.807) is 0 Å². The number of hydrogen-bond donors (Lipinski definition) is 2. The van der Waals surface area contributed by atoms with Crippen molar-refractivity contribution in [3.63, 3.8) is 0 Å². The van der Waals surface area contributed by atoms with Crippen LogP contribution in [0.4, 0.5) is 0 Å². The summed E-state index contributed by atoms with van der Waals surface area (Å²) in [5.74, 6) is 1.77. The smallest absolute Gasteiger partial charge is 0.116 e. The molecule has 2 aromatic heterocycles. The fourth-order valence-corrected chi connectivity index (χ4v) is 2.35. The van der Waals surface area contributed by atoms with Gasteiger partial charge in [-0.15, -0.1) is 0 Å². The van der Waals surface area contributed by atoms with Crippen LogP contribution in [0.2, 0.25) is 0 Å². The molecule has 0 aliphatic heterocycles. The number of hydrogen-bond acceptors (Lipinski definition) is 3. The van der Waals surface area contributed by atoms with Crippen LogP contribution in [0.1, 0.15) is 42.7 Å². The number of aromatic nitrogens is 2. The van der Waals surface area contributed by atoms with E-state index < -0.39 is 6.10 Å². The molecule has 3 N–H and O–H groups in total. The lowest BCUT2D eigenvalue weighted by atomic mass is 9.85. The first-order valence-electron chi connectivity index (χ1n) is 6.14. The molecule has 0 bridgehead atoms. The molecule has 4 heteroatoms. The van der Waals surface area contributed by atoms with Gasteiger partial charge in [0.1, 0.15) is 5.82 Å². The van der Waals surface area contributed by atoms with Gasteiger partial charge < -0.3 is 15.2 Å². The van der Waals surface area contributed by atoms with Crippen molar-refractivity contribution < 1.29 is 5.11 Å². The number of aliphatic hydroxyl groups is 1. The van der Waals surface area contributed by atoms with Crippen molar-refractivity contribution in [2.75, 3.05) is 6.54 Å². The van der Waals surface area contributed by atoms with E-state index in [1.807, 2.05) is 24.5 Å². The number of pyridine rings is 1. The van der Waals surface area contributed by atoms with E-state index in [9.17, 15) is 5.11 Å². The molecule has 1 fully saturated rings. The highest BCUT2D eigenvalue weighted by molar-refractivity contribution is 5.49. The summed E-state index contributed by atoms with van der Waals surface area (Å²) in [6, 6.07) is 3.89. The monoisotopic (exact) mass is 231 g/mol. The fourth-order valence-electron chi connectivity index (χ4n) is 2.35. The molecule has 0 spiro atoms. The molecule has 3 rings (SSSR count). The van der Waals surface area contributed by atoms with Crippen molar-refractivity contribution in [1.82, 2.24) is 9.38 Å². The Balaban J connectivity index is 2.01. The number of nitrogens with zero attached hydrogens (tertiary/aromatic N) is 2. The minimum absolute atomic E-state index is 0.250. The van der Waals surface area contributed by atoms with Gasteiger partial charge in [0.05, 0.1) is 17.8 Å². The molecule has 0 amide bonds. The van der Waals surface area contributed by atoms with Crippen LogP contribution >= 0.6 is 0 Å². The van der Waals surface area contributed by atoms with Gasteiger partial charge in [0.25, 0.3) is 0 Å². The summed E-state index contributed by atoms with van der Waals surface area (Å²) in [6.07, 6.45) is 7.08. The first-order valence-corrected chi connectivity index (χ1v) is 6.14. The summed E-state index contributed by atoms with van der Waals surface area (Å²) >= 11 is 0. The summed E-state index contributed by atoms with van der Waals surface area (Å²) in [6.45, 7) is 0.250. The van der Waals surface area contributed by atoms with E-state index >= 15 is 0 Å². The van der Waals surface area contributed by atoms with E-state index in [-0.39, 0.29) is 6.54 Å². The molecule has 0 radical (unpaired) electrons. The highest BCUT2D eigenvalue weighted by Gasteiger charge is 2.23. The van der Waals surface area contributed by atoms with E-state index in [4.69, 9.17) is 5.73 Å². The highest BCUT2D eigenvalue weighted by atomic mass is 16.3. The van der Waals surface area contributed by atoms with E-state index in [1.165, 1.54) is 19.3 Å². The number of nitrogens with two attached hydrogens (primary N) is 1. The van der Waals surface area contributed by atoms with Crippen LogP contribution in [0, 0.1) is 0 Å². The second-order valence-electron chi connectivity index (χ2n) is 4.75. The van der Waals surface area contributed by atoms with Crippen LogP contribution in [0.3, 0.4) is 0 Å². The van der Waals surface area contributed by atoms with Gasteiger partial charge in [-0.3, -0.25) is 0 Å². The maximum absolute atomic E-state index is 9.71. The summed E-state index contributed by atoms with van der Waals surface area (Å²) in [5, 5.41) is 9.71. The fraction of sp³-hybridized carbons (Fsp3) is 0.462. The van der Waals surface area contributed by atoms with Crippen LogP contribution in [-0.2, 0) is 0 Å². The average Bonchev–Trinajstić information content (AvgIpc) is 2.69. The Bertz CT molecular complexity index is 530. The molecule has 0 aromatic carbocycles. The van der Waals surface area contributed by atoms with Crippen molar-refractivity contribution in [3.05, 3.63) is 35.9 Å². The lowest BCUT2D eigenvalue weighted by molar-refractivity contribution is 0.187. The van der Waals surface area contributed by atoms with Crippen molar-refractivity contribution in [2.45, 2.75) is 31.3 Å². The Hall–Kier alpha value is -1.39. The predicted octanol–water partition coefficient (Wildman–Crippen LogP) is 1.59. The first kappa shape index (κ1) is 10.7. The van der Waals surface area contributed by atoms with Crippen LogP contribution in [0.15, 0.2) is 24.5 Å². The van der Waals surface area contributed by atoms with Gasteiger partial charge in [-0.05, 0) is 30.5 Å². The molecule has 90 valence electrons. The normalized spacial score (nSPS) is 18.2. The zero-order valence-corrected chi connectivity index (χ0v) is 9.71. The summed E-state index contributed by atoms with van der Waals surface area (Å²) in [4.78, 5) is 4.49. The van der Waals surface area contributed by atoms with E-state index in [0.717, 1.165) is 16.9 Å². The lowest BCUT2D eigenvalue weighted by Crippen LogP contribution is -2.13. The number of rotatable bonds is 3. The molecule has 2 aromatic rings. The molecule has 1 unspecified atom stereocenters. The Morgan fingerprint density at radius 3 is 3.00 bits per heavy atom. The Morgan fingerprint density at radius 2 is 2.35 bits per heavy atom. The van der Waals surface area contributed by atoms with Crippen molar-refractivity contribution in [1.29, 1.82) is 0 Å². The topological polar surface area (TPSA) is 63.5 Å². The summed E-state index contributed by atoms with van der Waals surface area (Å²) in [7, 11) is 0. The summed E-state index contributed by atoms with van der Waals surface area (Å²) in [5.41, 5.74) is 7.36. The van der Waals surface area contributed by atoms with E-state index in [2.05, 4.69) is 9.38 Å². The molecule has 17 heavy (non-hydrogen) atoms. The Labute approximate surface area is 100 Å². The van der Waals surface area contributed by atoms with Crippen LogP contribution < -0.4 is 5.73 Å². The standard InChI is InChI=1S/C13H17N3O/c14-7-12(17)10-4-5-16-11(6-10)8-15-13(16)9-2-1-3-9/h4-6,8-9,12,17H,1-3,7,14H2. The molecule has 1 atom stereocenters. The second-order valence-corrected chi connectivity index (χ2v) is 4.75. The largest absolute Gasteiger partial charge is 0.387 e. The second kappa shape index (κ2) is 4.13. The molecule has 1 saturated carbocycles. The molecule has 1 aliphatic rings. The first-order chi connectivity index (χ1) is 8.29. The van der Waals surface area contributed by atoms with Gasteiger partial charge in [-0.25, -0.2) is 4.98 Å². The van der Waals surface area contributed by atoms with Crippen LogP contribution in [-0.4, -0.2) is 21.0 Å². The number of imidazole rings is 1. The third-order valence-electron chi connectivity index (χ3n) is 3.66. The average molecular weight is 231 g/mol. The molecule has 1 aliphatic carbocycles. The zero-order valence-electron chi connectivity index (χ0n) is 9.71. The predicted molar refractivity (Wildman–Crippen MR) is 65.8 cm³/mol. The number of fused-ring (bicyclic) bond motifs is 1. The maximum Gasteiger partial charge on any atom is 0.116 e. The highest BCUT2D eigenvalue weighted by Crippen LogP contribution is 2.35. The Morgan fingerprint density at radius 1 is 1.53 bits per heavy atom. The molecular weight excluding hydrogens is 214 g/mol. The van der Waals surface area contributed by atoms with Gasteiger partial charge in [0, 0.05) is 18.7 Å². The maximum atomic E-state index is 9.71. The minimum atomic E-state index is -0.581. The van der Waals surface area contributed by atoms with Gasteiger partial charge in [-0.1, -0.05) is 6.42 Å². The third kappa shape index (κ3) is 1.73. The molecular formula is C13H17N3O. The molecule has 2 heterocycles. The molecule has 0 saturated heterocycles. The van der Waals surface area contributed by atoms with Gasteiger partial charge >= 0.3 is 0 Å². The van der Waals surface area contributed by atoms with Crippen molar-refractivity contribution >= 4 is 5.52 Å². The van der Waals surface area contributed by atoms with Crippen molar-refractivity contribution in [2.24, 2.45) is 5.73 Å². The van der Waals surface area contributed by atoms with Gasteiger partial charge in [0.15, 0.2) is 0 Å². The Kier molecular flexibility index (Phi) is 2.61. The zero-order chi connectivity index (χ0) is 11.8. The summed E-state index contributed by atoms with van der Waals surface area (Å²) < 4.78 is 2.12. The minimum Gasteiger partial charge on any atom is -0.387 e. The SMILES string of the molecule is NCC(O)c1ccn2c(C3CCC3)ncc2c1. The van der Waals surface area contributed by atoms with E-state index in [0.29, 0.717) is 5.92 Å².